The molecule has 1 fully saturated rings. The molecule has 1 aliphatic heterocycles. The van der Waals surface area contributed by atoms with E-state index in [4.69, 9.17) is 4.42 Å². The van der Waals surface area contributed by atoms with Crippen LogP contribution in [0.3, 0.4) is 0 Å². The molecule has 3 aromatic rings. The fraction of sp³-hybridized carbons (Fsp3) is 0.353. The van der Waals surface area contributed by atoms with Crippen LogP contribution in [0.4, 0.5) is 0 Å². The highest BCUT2D eigenvalue weighted by atomic mass is 32.1. The smallest absolute Gasteiger partial charge is 0.248 e. The minimum absolute atomic E-state index is 0.205. The van der Waals surface area contributed by atoms with Crippen molar-refractivity contribution in [2.24, 2.45) is 0 Å². The van der Waals surface area contributed by atoms with Gasteiger partial charge in [-0.25, -0.2) is 0 Å². The third-order valence-electron chi connectivity index (χ3n) is 4.24. The molecule has 3 aromatic heterocycles. The van der Waals surface area contributed by atoms with E-state index in [2.05, 4.69) is 32.2 Å². The number of rotatable bonds is 4. The monoisotopic (exact) mass is 326 g/mol. The van der Waals surface area contributed by atoms with Gasteiger partial charge in [0.25, 0.3) is 0 Å². The maximum atomic E-state index is 5.97. The molecule has 0 N–H and O–H groups in total. The van der Waals surface area contributed by atoms with Crippen LogP contribution >= 0.6 is 11.3 Å². The molecule has 1 saturated heterocycles. The van der Waals surface area contributed by atoms with E-state index in [-0.39, 0.29) is 6.04 Å². The molecule has 0 amide bonds. The molecular weight excluding hydrogens is 308 g/mol. The first-order valence-electron chi connectivity index (χ1n) is 7.89. The summed E-state index contributed by atoms with van der Waals surface area (Å²) in [4.78, 5) is 6.52. The molecule has 0 radical (unpaired) electrons. The maximum Gasteiger partial charge on any atom is 0.248 e. The predicted octanol–water partition coefficient (Wildman–Crippen LogP) is 3.92. The molecule has 5 nitrogen and oxygen atoms in total. The molecule has 0 aliphatic carbocycles. The Morgan fingerprint density at radius 1 is 1.17 bits per heavy atom. The largest absolute Gasteiger partial charge is 0.419 e. The molecule has 118 valence electrons. The van der Waals surface area contributed by atoms with Gasteiger partial charge in [0.05, 0.1) is 6.04 Å². The molecule has 1 aliphatic rings. The van der Waals surface area contributed by atoms with Crippen LogP contribution in [0.15, 0.2) is 45.8 Å². The first-order chi connectivity index (χ1) is 11.4. The van der Waals surface area contributed by atoms with Crippen LogP contribution < -0.4 is 0 Å². The van der Waals surface area contributed by atoms with E-state index in [1.807, 2.05) is 29.2 Å². The van der Waals surface area contributed by atoms with E-state index in [0.29, 0.717) is 5.89 Å². The number of pyridine rings is 1. The van der Waals surface area contributed by atoms with E-state index < -0.39 is 0 Å². The van der Waals surface area contributed by atoms with Crippen LogP contribution in [-0.4, -0.2) is 26.6 Å². The first kappa shape index (κ1) is 14.5. The molecule has 1 unspecified atom stereocenters. The Morgan fingerprint density at radius 3 is 2.91 bits per heavy atom. The molecule has 23 heavy (non-hydrogen) atoms. The quantitative estimate of drug-likeness (QED) is 0.727. The molecule has 1 atom stereocenters. The molecule has 0 saturated carbocycles. The van der Waals surface area contributed by atoms with E-state index in [9.17, 15) is 0 Å². The van der Waals surface area contributed by atoms with Gasteiger partial charge in [-0.15, -0.1) is 10.2 Å². The fourth-order valence-electron chi connectivity index (χ4n) is 3.05. The second-order valence-electron chi connectivity index (χ2n) is 5.79. The van der Waals surface area contributed by atoms with Crippen LogP contribution in [0.1, 0.15) is 36.8 Å². The van der Waals surface area contributed by atoms with Gasteiger partial charge in [-0.05, 0) is 48.5 Å². The van der Waals surface area contributed by atoms with Crippen molar-refractivity contribution < 1.29 is 4.42 Å². The van der Waals surface area contributed by atoms with Gasteiger partial charge < -0.3 is 4.42 Å². The second kappa shape index (κ2) is 6.60. The van der Waals surface area contributed by atoms with Gasteiger partial charge >= 0.3 is 0 Å². The number of likely N-dealkylation sites (tertiary alicyclic amines) is 1. The van der Waals surface area contributed by atoms with Crippen molar-refractivity contribution in [2.75, 3.05) is 6.54 Å². The van der Waals surface area contributed by atoms with E-state index >= 15 is 0 Å². The van der Waals surface area contributed by atoms with Crippen LogP contribution in [0.25, 0.3) is 11.5 Å². The van der Waals surface area contributed by atoms with Crippen molar-refractivity contribution in [3.05, 3.63) is 52.8 Å². The molecule has 0 aromatic carbocycles. The summed E-state index contributed by atoms with van der Waals surface area (Å²) in [6.45, 7) is 1.95. The minimum Gasteiger partial charge on any atom is -0.419 e. The fourth-order valence-corrected chi connectivity index (χ4v) is 3.68. The third kappa shape index (κ3) is 3.18. The van der Waals surface area contributed by atoms with Crippen molar-refractivity contribution in [2.45, 2.75) is 31.8 Å². The minimum atomic E-state index is 0.205. The van der Waals surface area contributed by atoms with Crippen molar-refractivity contribution in [3.63, 3.8) is 0 Å². The lowest BCUT2D eigenvalue weighted by Gasteiger charge is -2.33. The highest BCUT2D eigenvalue weighted by molar-refractivity contribution is 7.08. The lowest BCUT2D eigenvalue weighted by Crippen LogP contribution is -2.33. The van der Waals surface area contributed by atoms with Crippen LogP contribution in [0, 0.1) is 0 Å². The molecular formula is C17H18N4OS. The Labute approximate surface area is 139 Å². The van der Waals surface area contributed by atoms with Crippen molar-refractivity contribution in [3.8, 4) is 11.5 Å². The average molecular weight is 326 g/mol. The Morgan fingerprint density at radius 2 is 2.09 bits per heavy atom. The summed E-state index contributed by atoms with van der Waals surface area (Å²) in [5.41, 5.74) is 2.27. The third-order valence-corrected chi connectivity index (χ3v) is 4.93. The number of thiophene rings is 1. The van der Waals surface area contributed by atoms with Crippen molar-refractivity contribution in [1.29, 1.82) is 0 Å². The zero-order chi connectivity index (χ0) is 15.5. The van der Waals surface area contributed by atoms with Crippen LogP contribution in [0.5, 0.6) is 0 Å². The normalized spacial score (nSPS) is 19.0. The molecule has 4 heterocycles. The number of piperidine rings is 1. The van der Waals surface area contributed by atoms with Gasteiger partial charge in [0, 0.05) is 29.9 Å². The summed E-state index contributed by atoms with van der Waals surface area (Å²) < 4.78 is 5.97. The van der Waals surface area contributed by atoms with Gasteiger partial charge in [0.15, 0.2) is 0 Å². The molecule has 6 heteroatoms. The van der Waals surface area contributed by atoms with Crippen molar-refractivity contribution >= 4 is 11.3 Å². The zero-order valence-corrected chi connectivity index (χ0v) is 13.6. The molecule has 0 bridgehead atoms. The number of aromatic nitrogens is 3. The van der Waals surface area contributed by atoms with Crippen LogP contribution in [-0.2, 0) is 6.54 Å². The molecule has 0 spiro atoms. The summed E-state index contributed by atoms with van der Waals surface area (Å²) in [5, 5.41) is 12.6. The summed E-state index contributed by atoms with van der Waals surface area (Å²) >= 11 is 1.64. The SMILES string of the molecule is c1cc(CN2CCCCC2c2nnc(-c3ccsc3)o2)ccn1. The maximum absolute atomic E-state index is 5.97. The van der Waals surface area contributed by atoms with Crippen molar-refractivity contribution in [1.82, 2.24) is 20.1 Å². The van der Waals surface area contributed by atoms with Gasteiger partial charge in [-0.2, -0.15) is 11.3 Å². The lowest BCUT2D eigenvalue weighted by molar-refractivity contribution is 0.118. The Balaban J connectivity index is 1.55. The predicted molar refractivity (Wildman–Crippen MR) is 88.9 cm³/mol. The lowest BCUT2D eigenvalue weighted by atomic mass is 10.0. The van der Waals surface area contributed by atoms with E-state index in [0.717, 1.165) is 31.0 Å². The van der Waals surface area contributed by atoms with Gasteiger partial charge in [0.1, 0.15) is 0 Å². The summed E-state index contributed by atoms with van der Waals surface area (Å²) in [7, 11) is 0. The standard InChI is InChI=1S/C17H18N4OS/c1-2-9-21(11-13-4-7-18-8-5-13)15(3-1)17-20-19-16(22-17)14-6-10-23-12-14/h4-8,10,12,15H,1-3,9,11H2. The Kier molecular flexibility index (Phi) is 4.17. The molecule has 4 rings (SSSR count). The topological polar surface area (TPSA) is 55.1 Å². The Hall–Kier alpha value is -2.05. The van der Waals surface area contributed by atoms with Gasteiger partial charge in [0.2, 0.25) is 11.8 Å². The van der Waals surface area contributed by atoms with Gasteiger partial charge in [-0.3, -0.25) is 9.88 Å². The first-order valence-corrected chi connectivity index (χ1v) is 8.83. The van der Waals surface area contributed by atoms with E-state index in [1.165, 1.54) is 18.4 Å². The summed E-state index contributed by atoms with van der Waals surface area (Å²) in [6, 6.07) is 6.35. The summed E-state index contributed by atoms with van der Waals surface area (Å²) in [5.74, 6) is 1.36. The highest BCUT2D eigenvalue weighted by Crippen LogP contribution is 2.33. The summed E-state index contributed by atoms with van der Waals surface area (Å²) in [6.07, 6.45) is 7.17. The zero-order valence-electron chi connectivity index (χ0n) is 12.8. The van der Waals surface area contributed by atoms with Gasteiger partial charge in [-0.1, -0.05) is 6.42 Å². The second-order valence-corrected chi connectivity index (χ2v) is 6.58. The van der Waals surface area contributed by atoms with Crippen LogP contribution in [0.2, 0.25) is 0 Å². The highest BCUT2D eigenvalue weighted by Gasteiger charge is 2.28. The number of nitrogens with zero attached hydrogens (tertiary/aromatic N) is 4. The number of hydrogen-bond acceptors (Lipinski definition) is 6. The average Bonchev–Trinajstić information content (AvgIpc) is 3.28. The van der Waals surface area contributed by atoms with E-state index in [1.54, 1.807) is 11.3 Å². The Bertz CT molecular complexity index is 741. The number of hydrogen-bond donors (Lipinski definition) is 0.